The van der Waals surface area contributed by atoms with Crippen molar-refractivity contribution in [1.29, 1.82) is 5.26 Å². The number of nitrogens with zero attached hydrogens (tertiary/aromatic N) is 1. The molecule has 20 heavy (non-hydrogen) atoms. The lowest BCUT2D eigenvalue weighted by molar-refractivity contribution is -0.130. The van der Waals surface area contributed by atoms with Crippen LogP contribution in [0.4, 0.5) is 0 Å². The number of hydrogen-bond acceptors (Lipinski definition) is 2. The van der Waals surface area contributed by atoms with Gasteiger partial charge in [-0.3, -0.25) is 4.79 Å². The molecule has 0 unspecified atom stereocenters. The summed E-state index contributed by atoms with van der Waals surface area (Å²) in [5.74, 6) is 0.804. The van der Waals surface area contributed by atoms with Crippen LogP contribution < -0.4 is 5.32 Å². The van der Waals surface area contributed by atoms with E-state index in [1.807, 2.05) is 13.8 Å². The summed E-state index contributed by atoms with van der Waals surface area (Å²) in [7, 11) is 0. The van der Waals surface area contributed by atoms with Crippen molar-refractivity contribution < 1.29 is 4.79 Å². The van der Waals surface area contributed by atoms with E-state index < -0.39 is 5.41 Å². The Morgan fingerprint density at radius 3 is 2.10 bits per heavy atom. The first-order chi connectivity index (χ1) is 9.61. The van der Waals surface area contributed by atoms with E-state index in [9.17, 15) is 10.1 Å². The van der Waals surface area contributed by atoms with Crippen LogP contribution in [0, 0.1) is 22.7 Å². The highest BCUT2D eigenvalue weighted by atomic mass is 16.2. The van der Waals surface area contributed by atoms with Gasteiger partial charge in [0, 0.05) is 6.04 Å². The van der Waals surface area contributed by atoms with Gasteiger partial charge in [0.25, 0.3) is 0 Å². The van der Waals surface area contributed by atoms with Crippen LogP contribution in [-0.4, -0.2) is 11.9 Å². The number of nitrogens with one attached hydrogen (secondary N) is 1. The minimum atomic E-state index is -0.800. The van der Waals surface area contributed by atoms with Crippen LogP contribution in [0.2, 0.25) is 0 Å². The average molecular weight is 278 g/mol. The summed E-state index contributed by atoms with van der Waals surface area (Å²) in [6.07, 6.45) is 8.92. The van der Waals surface area contributed by atoms with Gasteiger partial charge in [0.2, 0.25) is 5.91 Å². The molecule has 0 aromatic carbocycles. The average Bonchev–Trinajstić information content (AvgIpc) is 2.47. The van der Waals surface area contributed by atoms with Crippen LogP contribution in [0.3, 0.4) is 0 Å². The van der Waals surface area contributed by atoms with Crippen LogP contribution in [0.1, 0.15) is 78.6 Å². The molecule has 0 saturated heterocycles. The van der Waals surface area contributed by atoms with Crippen molar-refractivity contribution >= 4 is 5.91 Å². The molecule has 1 aliphatic carbocycles. The highest BCUT2D eigenvalue weighted by molar-refractivity contribution is 5.85. The molecule has 0 aromatic heterocycles. The van der Waals surface area contributed by atoms with Gasteiger partial charge in [-0.2, -0.15) is 5.26 Å². The second-order valence-electron chi connectivity index (χ2n) is 6.29. The van der Waals surface area contributed by atoms with Crippen LogP contribution >= 0.6 is 0 Å². The zero-order valence-electron chi connectivity index (χ0n) is 13.4. The summed E-state index contributed by atoms with van der Waals surface area (Å²) in [4.78, 5) is 12.6. The summed E-state index contributed by atoms with van der Waals surface area (Å²) in [5.41, 5.74) is -0.800. The quantitative estimate of drug-likeness (QED) is 0.759. The van der Waals surface area contributed by atoms with Crippen molar-refractivity contribution in [3.05, 3.63) is 0 Å². The lowest BCUT2D eigenvalue weighted by atomic mass is 9.78. The summed E-state index contributed by atoms with van der Waals surface area (Å²) < 4.78 is 0. The van der Waals surface area contributed by atoms with Crippen LogP contribution in [0.25, 0.3) is 0 Å². The first-order valence-electron chi connectivity index (χ1n) is 8.34. The molecule has 1 fully saturated rings. The minimum Gasteiger partial charge on any atom is -0.352 e. The smallest absolute Gasteiger partial charge is 0.240 e. The molecule has 1 amide bonds. The highest BCUT2D eigenvalue weighted by Crippen LogP contribution is 2.31. The van der Waals surface area contributed by atoms with E-state index >= 15 is 0 Å². The molecule has 0 heterocycles. The maximum absolute atomic E-state index is 12.6. The molecule has 114 valence electrons. The summed E-state index contributed by atoms with van der Waals surface area (Å²) in [5, 5.41) is 12.7. The number of rotatable bonds is 7. The van der Waals surface area contributed by atoms with E-state index in [2.05, 4.69) is 18.3 Å². The van der Waals surface area contributed by atoms with E-state index in [0.29, 0.717) is 12.8 Å². The van der Waals surface area contributed by atoms with Gasteiger partial charge >= 0.3 is 0 Å². The van der Waals surface area contributed by atoms with E-state index in [-0.39, 0.29) is 11.9 Å². The van der Waals surface area contributed by atoms with Gasteiger partial charge in [-0.15, -0.1) is 0 Å². The molecule has 0 atom stereocenters. The Morgan fingerprint density at radius 2 is 1.70 bits per heavy atom. The Balaban J connectivity index is 2.61. The molecule has 3 nitrogen and oxygen atoms in total. The van der Waals surface area contributed by atoms with E-state index in [1.54, 1.807) is 0 Å². The van der Waals surface area contributed by atoms with Crippen LogP contribution in [0.15, 0.2) is 0 Å². The Hall–Kier alpha value is -1.04. The number of amides is 1. The van der Waals surface area contributed by atoms with Gasteiger partial charge < -0.3 is 5.32 Å². The number of nitriles is 1. The third-order valence-electron chi connectivity index (χ3n) is 4.76. The lowest BCUT2D eigenvalue weighted by Gasteiger charge is -2.32. The molecule has 0 bridgehead atoms. The van der Waals surface area contributed by atoms with Crippen molar-refractivity contribution in [2.24, 2.45) is 11.3 Å². The van der Waals surface area contributed by atoms with Gasteiger partial charge in [-0.05, 0) is 44.4 Å². The predicted molar refractivity (Wildman–Crippen MR) is 82.0 cm³/mol. The molecule has 0 radical (unpaired) electrons. The zero-order valence-corrected chi connectivity index (χ0v) is 13.4. The van der Waals surface area contributed by atoms with Gasteiger partial charge in [0.05, 0.1) is 6.07 Å². The normalized spacial score (nSPS) is 23.1. The Labute approximate surface area is 124 Å². The van der Waals surface area contributed by atoms with Crippen molar-refractivity contribution in [1.82, 2.24) is 5.32 Å². The molecule has 1 N–H and O–H groups in total. The summed E-state index contributed by atoms with van der Waals surface area (Å²) in [6, 6.07) is 2.60. The first-order valence-corrected chi connectivity index (χ1v) is 8.34. The Kier molecular flexibility index (Phi) is 7.05. The monoisotopic (exact) mass is 278 g/mol. The number of carbonyl (C=O) groups excluding carboxylic acids is 1. The van der Waals surface area contributed by atoms with Crippen molar-refractivity contribution in [3.8, 4) is 6.07 Å². The van der Waals surface area contributed by atoms with Gasteiger partial charge in [-0.1, -0.05) is 40.0 Å². The first kappa shape index (κ1) is 17.0. The molecule has 0 aromatic rings. The second-order valence-corrected chi connectivity index (χ2v) is 6.29. The number of carbonyl (C=O) groups is 1. The maximum atomic E-state index is 12.6. The zero-order chi connectivity index (χ0) is 15.0. The molecule has 3 heteroatoms. The van der Waals surface area contributed by atoms with Crippen molar-refractivity contribution in [2.75, 3.05) is 0 Å². The maximum Gasteiger partial charge on any atom is 0.240 e. The molecular formula is C17H30N2O. The van der Waals surface area contributed by atoms with Gasteiger partial charge in [0.1, 0.15) is 5.41 Å². The third kappa shape index (κ3) is 4.23. The second kappa shape index (κ2) is 8.29. The number of hydrogen-bond donors (Lipinski definition) is 1. The predicted octanol–water partition coefficient (Wildman–Crippen LogP) is 4.18. The third-order valence-corrected chi connectivity index (χ3v) is 4.76. The van der Waals surface area contributed by atoms with Crippen LogP contribution in [-0.2, 0) is 4.79 Å². The highest BCUT2D eigenvalue weighted by Gasteiger charge is 2.38. The Morgan fingerprint density at radius 1 is 1.15 bits per heavy atom. The fraction of sp³-hybridized carbons (Fsp3) is 0.882. The fourth-order valence-electron chi connectivity index (χ4n) is 3.41. The van der Waals surface area contributed by atoms with Crippen molar-refractivity contribution in [2.45, 2.75) is 84.6 Å². The van der Waals surface area contributed by atoms with E-state index in [4.69, 9.17) is 0 Å². The topological polar surface area (TPSA) is 52.9 Å². The summed E-state index contributed by atoms with van der Waals surface area (Å²) >= 11 is 0. The Bertz CT molecular complexity index is 331. The van der Waals surface area contributed by atoms with Crippen molar-refractivity contribution in [3.63, 3.8) is 0 Å². The van der Waals surface area contributed by atoms with E-state index in [0.717, 1.165) is 31.6 Å². The molecule has 0 spiro atoms. The molecule has 1 rings (SSSR count). The molecule has 1 saturated carbocycles. The molecule has 0 aliphatic heterocycles. The van der Waals surface area contributed by atoms with Gasteiger partial charge in [0.15, 0.2) is 0 Å². The van der Waals surface area contributed by atoms with E-state index in [1.165, 1.54) is 19.3 Å². The standard InChI is InChI=1S/C17H30N2O/c1-4-11-17(13-18,12-5-2)16(20)19-15-9-7-14(6-3)8-10-15/h14-15H,4-12H2,1-3H3,(H,19,20). The largest absolute Gasteiger partial charge is 0.352 e. The van der Waals surface area contributed by atoms with Gasteiger partial charge in [-0.25, -0.2) is 0 Å². The summed E-state index contributed by atoms with van der Waals surface area (Å²) in [6.45, 7) is 6.33. The minimum absolute atomic E-state index is 0.0244. The molecule has 1 aliphatic rings. The SMILES string of the molecule is CCCC(C#N)(CCC)C(=O)NC1CCC(CC)CC1. The molecular weight excluding hydrogens is 248 g/mol. The fourth-order valence-corrected chi connectivity index (χ4v) is 3.41. The van der Waals surface area contributed by atoms with Crippen LogP contribution in [0.5, 0.6) is 0 Å². The lowest BCUT2D eigenvalue weighted by Crippen LogP contribution is -2.46.